The highest BCUT2D eigenvalue weighted by molar-refractivity contribution is 5.88. The number of aryl methyl sites for hydroxylation is 1. The Bertz CT molecular complexity index is 647. The number of carbonyl (C=O) groups excluding carboxylic acids is 1. The standard InChI is InChI=1S/C13H12F3N3O/c1-8-7-12(17-9(2)20)19(18-8)11-6-4-3-5-10(11)13(14,15)16/h3-7H,1-2H3,(H,17,20). The molecule has 2 rings (SSSR count). The molecule has 0 aliphatic heterocycles. The van der Waals surface area contributed by atoms with Gasteiger partial charge in [0.05, 0.1) is 16.9 Å². The highest BCUT2D eigenvalue weighted by atomic mass is 19.4. The van der Waals surface area contributed by atoms with E-state index in [1.807, 2.05) is 0 Å². The zero-order valence-electron chi connectivity index (χ0n) is 10.8. The van der Waals surface area contributed by atoms with Crippen molar-refractivity contribution in [2.75, 3.05) is 5.32 Å². The number of hydrogen-bond donors (Lipinski definition) is 1. The van der Waals surface area contributed by atoms with Crippen LogP contribution in [0.4, 0.5) is 19.0 Å². The van der Waals surface area contributed by atoms with Crippen LogP contribution in [0.2, 0.25) is 0 Å². The van der Waals surface area contributed by atoms with Crippen molar-refractivity contribution in [2.24, 2.45) is 0 Å². The molecule has 1 aromatic heterocycles. The van der Waals surface area contributed by atoms with E-state index >= 15 is 0 Å². The van der Waals surface area contributed by atoms with Crippen LogP contribution in [0.1, 0.15) is 18.2 Å². The minimum absolute atomic E-state index is 0.128. The van der Waals surface area contributed by atoms with E-state index in [0.29, 0.717) is 5.69 Å². The molecule has 0 aliphatic rings. The van der Waals surface area contributed by atoms with E-state index in [0.717, 1.165) is 10.7 Å². The summed E-state index contributed by atoms with van der Waals surface area (Å²) in [5.41, 5.74) is -0.433. The van der Waals surface area contributed by atoms with E-state index in [1.54, 1.807) is 6.92 Å². The van der Waals surface area contributed by atoms with Crippen molar-refractivity contribution in [1.82, 2.24) is 9.78 Å². The first-order valence-corrected chi connectivity index (χ1v) is 5.80. The number of benzene rings is 1. The molecule has 4 nitrogen and oxygen atoms in total. The lowest BCUT2D eigenvalue weighted by Crippen LogP contribution is -2.15. The van der Waals surface area contributed by atoms with Gasteiger partial charge >= 0.3 is 6.18 Å². The summed E-state index contributed by atoms with van der Waals surface area (Å²) in [6.45, 7) is 2.92. The summed E-state index contributed by atoms with van der Waals surface area (Å²) in [5.74, 6) is -0.178. The van der Waals surface area contributed by atoms with Gasteiger partial charge in [-0.05, 0) is 19.1 Å². The van der Waals surface area contributed by atoms with Crippen molar-refractivity contribution in [3.63, 3.8) is 0 Å². The minimum Gasteiger partial charge on any atom is -0.311 e. The van der Waals surface area contributed by atoms with Crippen molar-refractivity contribution in [1.29, 1.82) is 0 Å². The summed E-state index contributed by atoms with van der Waals surface area (Å²) in [6.07, 6.45) is -4.50. The number of carbonyl (C=O) groups is 1. The Hall–Kier alpha value is -2.31. The van der Waals surface area contributed by atoms with E-state index < -0.39 is 11.7 Å². The molecule has 0 aliphatic carbocycles. The normalized spacial score (nSPS) is 11.4. The van der Waals surface area contributed by atoms with Crippen molar-refractivity contribution >= 4 is 11.7 Å². The number of hydrogen-bond acceptors (Lipinski definition) is 2. The second kappa shape index (κ2) is 4.99. The van der Waals surface area contributed by atoms with Crippen LogP contribution in [-0.4, -0.2) is 15.7 Å². The van der Waals surface area contributed by atoms with Crippen LogP contribution in [-0.2, 0) is 11.0 Å². The first-order valence-electron chi connectivity index (χ1n) is 5.80. The van der Waals surface area contributed by atoms with Gasteiger partial charge in [0.15, 0.2) is 0 Å². The largest absolute Gasteiger partial charge is 0.418 e. The van der Waals surface area contributed by atoms with Gasteiger partial charge in [0, 0.05) is 13.0 Å². The summed E-state index contributed by atoms with van der Waals surface area (Å²) in [4.78, 5) is 11.1. The smallest absolute Gasteiger partial charge is 0.311 e. The van der Waals surface area contributed by atoms with Gasteiger partial charge in [-0.25, -0.2) is 4.68 Å². The Balaban J connectivity index is 2.60. The van der Waals surface area contributed by atoms with Crippen molar-refractivity contribution in [3.8, 4) is 5.69 Å². The molecule has 106 valence electrons. The molecule has 20 heavy (non-hydrogen) atoms. The lowest BCUT2D eigenvalue weighted by Gasteiger charge is -2.14. The number of nitrogens with one attached hydrogen (secondary N) is 1. The third-order valence-corrected chi connectivity index (χ3v) is 2.57. The number of halogens is 3. The topological polar surface area (TPSA) is 46.9 Å². The minimum atomic E-state index is -4.50. The predicted octanol–water partition coefficient (Wildman–Crippen LogP) is 3.16. The Morgan fingerprint density at radius 3 is 2.55 bits per heavy atom. The fourth-order valence-electron chi connectivity index (χ4n) is 1.85. The summed E-state index contributed by atoms with van der Waals surface area (Å²) >= 11 is 0. The zero-order valence-corrected chi connectivity index (χ0v) is 10.8. The lowest BCUT2D eigenvalue weighted by molar-refractivity contribution is -0.137. The van der Waals surface area contributed by atoms with E-state index in [-0.39, 0.29) is 17.4 Å². The summed E-state index contributed by atoms with van der Waals surface area (Å²) in [5, 5.41) is 6.48. The highest BCUT2D eigenvalue weighted by Gasteiger charge is 2.34. The van der Waals surface area contributed by atoms with Gasteiger partial charge in [-0.1, -0.05) is 12.1 Å². The van der Waals surface area contributed by atoms with Crippen LogP contribution in [0.15, 0.2) is 30.3 Å². The predicted molar refractivity (Wildman–Crippen MR) is 67.6 cm³/mol. The Morgan fingerprint density at radius 2 is 1.95 bits per heavy atom. The van der Waals surface area contributed by atoms with Gasteiger partial charge < -0.3 is 5.32 Å². The molecule has 1 aromatic carbocycles. The van der Waals surface area contributed by atoms with Gasteiger partial charge in [-0.15, -0.1) is 0 Å². The van der Waals surface area contributed by atoms with Crippen LogP contribution < -0.4 is 5.32 Å². The highest BCUT2D eigenvalue weighted by Crippen LogP contribution is 2.34. The van der Waals surface area contributed by atoms with Crippen molar-refractivity contribution < 1.29 is 18.0 Å². The monoisotopic (exact) mass is 283 g/mol. The molecule has 1 heterocycles. The first-order chi connectivity index (χ1) is 9.29. The lowest BCUT2D eigenvalue weighted by atomic mass is 10.1. The SMILES string of the molecule is CC(=O)Nc1cc(C)nn1-c1ccccc1C(F)(F)F. The fourth-order valence-corrected chi connectivity index (χ4v) is 1.85. The summed E-state index contributed by atoms with van der Waals surface area (Å²) < 4.78 is 40.1. The second-order valence-electron chi connectivity index (χ2n) is 4.28. The van der Waals surface area contributed by atoms with Gasteiger partial charge in [-0.3, -0.25) is 4.79 Å². The molecule has 0 unspecified atom stereocenters. The van der Waals surface area contributed by atoms with Crippen LogP contribution in [0, 0.1) is 6.92 Å². The molecule has 1 amide bonds. The summed E-state index contributed by atoms with van der Waals surface area (Å²) in [7, 11) is 0. The number of para-hydroxylation sites is 1. The molecular weight excluding hydrogens is 271 g/mol. The molecule has 7 heteroatoms. The number of aromatic nitrogens is 2. The first kappa shape index (κ1) is 14.1. The molecule has 0 atom stereocenters. The van der Waals surface area contributed by atoms with Crippen LogP contribution in [0.5, 0.6) is 0 Å². The van der Waals surface area contributed by atoms with Crippen molar-refractivity contribution in [3.05, 3.63) is 41.6 Å². The van der Waals surface area contributed by atoms with E-state index in [9.17, 15) is 18.0 Å². The third-order valence-electron chi connectivity index (χ3n) is 2.57. The number of anilines is 1. The quantitative estimate of drug-likeness (QED) is 0.920. The average molecular weight is 283 g/mol. The third kappa shape index (κ3) is 2.81. The molecule has 0 bridgehead atoms. The maximum Gasteiger partial charge on any atom is 0.418 e. The second-order valence-corrected chi connectivity index (χ2v) is 4.28. The van der Waals surface area contributed by atoms with Crippen LogP contribution in [0.25, 0.3) is 5.69 Å². The molecule has 2 aromatic rings. The number of alkyl halides is 3. The summed E-state index contributed by atoms with van der Waals surface area (Å²) in [6, 6.07) is 6.58. The Morgan fingerprint density at radius 1 is 1.30 bits per heavy atom. The van der Waals surface area contributed by atoms with Crippen LogP contribution >= 0.6 is 0 Å². The van der Waals surface area contributed by atoms with Gasteiger partial charge in [0.2, 0.25) is 5.91 Å². The molecule has 0 radical (unpaired) electrons. The van der Waals surface area contributed by atoms with E-state index in [2.05, 4.69) is 10.4 Å². The number of nitrogens with zero attached hydrogens (tertiary/aromatic N) is 2. The zero-order chi connectivity index (χ0) is 14.9. The molecule has 0 saturated heterocycles. The van der Waals surface area contributed by atoms with Gasteiger partial charge in [0.25, 0.3) is 0 Å². The van der Waals surface area contributed by atoms with Gasteiger partial charge in [-0.2, -0.15) is 18.3 Å². The molecule has 0 fully saturated rings. The fraction of sp³-hybridized carbons (Fsp3) is 0.231. The van der Waals surface area contributed by atoms with Gasteiger partial charge in [0.1, 0.15) is 5.82 Å². The van der Waals surface area contributed by atoms with E-state index in [1.165, 1.54) is 31.2 Å². The maximum atomic E-state index is 13.0. The van der Waals surface area contributed by atoms with Crippen LogP contribution in [0.3, 0.4) is 0 Å². The molecule has 0 spiro atoms. The maximum absolute atomic E-state index is 13.0. The molecule has 1 N–H and O–H groups in total. The number of amides is 1. The molecular formula is C13H12F3N3O. The Kier molecular flexibility index (Phi) is 3.52. The Labute approximate surface area is 113 Å². The average Bonchev–Trinajstić information content (AvgIpc) is 2.68. The number of rotatable bonds is 2. The van der Waals surface area contributed by atoms with E-state index in [4.69, 9.17) is 0 Å². The van der Waals surface area contributed by atoms with Crippen molar-refractivity contribution in [2.45, 2.75) is 20.0 Å². The molecule has 0 saturated carbocycles.